The van der Waals surface area contributed by atoms with Crippen LogP contribution in [0.5, 0.6) is 0 Å². The van der Waals surface area contributed by atoms with E-state index in [1.54, 1.807) is 0 Å². The highest BCUT2D eigenvalue weighted by molar-refractivity contribution is 5.95. The zero-order chi connectivity index (χ0) is 24.1. The van der Waals surface area contributed by atoms with Crippen molar-refractivity contribution in [3.63, 3.8) is 0 Å². The van der Waals surface area contributed by atoms with E-state index in [-0.39, 0.29) is 5.92 Å². The van der Waals surface area contributed by atoms with Gasteiger partial charge in [0.1, 0.15) is 18.6 Å². The molecule has 5 amide bonds. The molecule has 31 heavy (non-hydrogen) atoms. The Morgan fingerprint density at radius 3 is 1.94 bits per heavy atom. The molecule has 0 aliphatic heterocycles. The third-order valence-electron chi connectivity index (χ3n) is 3.77. The SMILES string of the molecule is CC(C)C[C@H](N)C(=O)NCC(=O)N[C@@H](CO)C(=O)N[C@@H](CC(N)=O)C(=O)NCC(=O)O. The summed E-state index contributed by atoms with van der Waals surface area (Å²) < 4.78 is 0. The molecule has 0 spiro atoms. The van der Waals surface area contributed by atoms with Gasteiger partial charge in [0.25, 0.3) is 0 Å². The van der Waals surface area contributed by atoms with E-state index in [1.165, 1.54) is 0 Å². The second-order valence-corrected chi connectivity index (χ2v) is 7.10. The quantitative estimate of drug-likeness (QED) is 0.128. The Hall–Kier alpha value is -3.26. The lowest BCUT2D eigenvalue weighted by Gasteiger charge is -2.21. The smallest absolute Gasteiger partial charge is 0.322 e. The zero-order valence-electron chi connectivity index (χ0n) is 17.3. The van der Waals surface area contributed by atoms with Crippen LogP contribution in [0.3, 0.4) is 0 Å². The second kappa shape index (κ2) is 13.9. The molecular formula is C17H30N6O8. The largest absolute Gasteiger partial charge is 0.480 e. The fourth-order valence-electron chi connectivity index (χ4n) is 2.32. The average Bonchev–Trinajstić information content (AvgIpc) is 2.66. The maximum absolute atomic E-state index is 12.3. The van der Waals surface area contributed by atoms with Crippen LogP contribution in [0, 0.1) is 5.92 Å². The number of carbonyl (C=O) groups excluding carboxylic acids is 5. The molecule has 0 aromatic carbocycles. The lowest BCUT2D eigenvalue weighted by atomic mass is 10.0. The number of nitrogens with one attached hydrogen (secondary N) is 4. The number of aliphatic hydroxyl groups is 1. The minimum Gasteiger partial charge on any atom is -0.480 e. The van der Waals surface area contributed by atoms with Crippen LogP contribution < -0.4 is 32.7 Å². The Morgan fingerprint density at radius 2 is 1.45 bits per heavy atom. The van der Waals surface area contributed by atoms with Gasteiger partial charge in [0.2, 0.25) is 29.5 Å². The average molecular weight is 446 g/mol. The summed E-state index contributed by atoms with van der Waals surface area (Å²) in [5.74, 6) is -5.56. The monoisotopic (exact) mass is 446 g/mol. The van der Waals surface area contributed by atoms with Crippen molar-refractivity contribution in [1.82, 2.24) is 21.3 Å². The molecule has 0 fully saturated rings. The highest BCUT2D eigenvalue weighted by Crippen LogP contribution is 2.02. The van der Waals surface area contributed by atoms with Crippen LogP contribution in [0.15, 0.2) is 0 Å². The number of aliphatic carboxylic acids is 1. The number of amides is 5. The number of nitrogens with two attached hydrogens (primary N) is 2. The van der Waals surface area contributed by atoms with Crippen LogP contribution in [0.1, 0.15) is 26.7 Å². The van der Waals surface area contributed by atoms with Gasteiger partial charge in [-0.2, -0.15) is 0 Å². The van der Waals surface area contributed by atoms with Crippen LogP contribution in [0.4, 0.5) is 0 Å². The maximum atomic E-state index is 12.3. The Labute approximate surface area is 178 Å². The van der Waals surface area contributed by atoms with Gasteiger partial charge in [-0.1, -0.05) is 13.8 Å². The standard InChI is InChI=1S/C17H30N6O8/c1-8(2)3-9(18)15(29)20-5-13(26)22-11(7-24)17(31)23-10(4-12(19)25)16(30)21-6-14(27)28/h8-11,24H,3-7,18H2,1-2H3,(H2,19,25)(H,20,29)(H,21,30)(H,22,26)(H,23,31)(H,27,28)/t9-,10-,11-/m0/s1. The van der Waals surface area contributed by atoms with Gasteiger partial charge in [-0.25, -0.2) is 0 Å². The summed E-state index contributed by atoms with van der Waals surface area (Å²) in [5, 5.41) is 26.5. The van der Waals surface area contributed by atoms with E-state index < -0.39 is 79.7 Å². The van der Waals surface area contributed by atoms with E-state index in [9.17, 15) is 33.9 Å². The number of hydrogen-bond donors (Lipinski definition) is 8. The normalized spacial score (nSPS) is 13.5. The predicted molar refractivity (Wildman–Crippen MR) is 106 cm³/mol. The molecule has 14 heteroatoms. The van der Waals surface area contributed by atoms with Gasteiger partial charge >= 0.3 is 5.97 Å². The molecule has 0 aliphatic carbocycles. The van der Waals surface area contributed by atoms with Crippen molar-refractivity contribution in [3.05, 3.63) is 0 Å². The molecule has 0 radical (unpaired) electrons. The Morgan fingerprint density at radius 1 is 0.871 bits per heavy atom. The summed E-state index contributed by atoms with van der Waals surface area (Å²) in [6.45, 7) is 1.61. The predicted octanol–water partition coefficient (Wildman–Crippen LogP) is -4.49. The highest BCUT2D eigenvalue weighted by atomic mass is 16.4. The van der Waals surface area contributed by atoms with Crippen molar-refractivity contribution < 1.29 is 39.0 Å². The fourth-order valence-corrected chi connectivity index (χ4v) is 2.32. The van der Waals surface area contributed by atoms with E-state index in [4.69, 9.17) is 16.6 Å². The van der Waals surface area contributed by atoms with Gasteiger partial charge in [0.15, 0.2) is 0 Å². The summed E-state index contributed by atoms with van der Waals surface area (Å²) in [7, 11) is 0. The summed E-state index contributed by atoms with van der Waals surface area (Å²) in [6, 6.07) is -3.86. The summed E-state index contributed by atoms with van der Waals surface area (Å²) in [5.41, 5.74) is 10.7. The molecule has 0 saturated carbocycles. The number of primary amides is 1. The summed E-state index contributed by atoms with van der Waals surface area (Å²) in [6.07, 6.45) is -0.243. The molecule has 0 aromatic rings. The van der Waals surface area contributed by atoms with Gasteiger partial charge in [0.05, 0.1) is 25.6 Å². The van der Waals surface area contributed by atoms with E-state index in [1.807, 2.05) is 19.2 Å². The molecule has 176 valence electrons. The third kappa shape index (κ3) is 12.1. The fraction of sp³-hybridized carbons (Fsp3) is 0.647. The molecule has 3 atom stereocenters. The molecule has 0 rings (SSSR count). The van der Waals surface area contributed by atoms with Crippen molar-refractivity contribution in [3.8, 4) is 0 Å². The lowest BCUT2D eigenvalue weighted by molar-refractivity contribution is -0.138. The van der Waals surface area contributed by atoms with Gasteiger partial charge in [-0.05, 0) is 12.3 Å². The summed E-state index contributed by atoms with van der Waals surface area (Å²) >= 11 is 0. The first-order chi connectivity index (χ1) is 14.4. The number of carboxylic acids is 1. The molecule has 0 saturated heterocycles. The molecule has 0 heterocycles. The van der Waals surface area contributed by atoms with Gasteiger partial charge in [-0.15, -0.1) is 0 Å². The maximum Gasteiger partial charge on any atom is 0.322 e. The highest BCUT2D eigenvalue weighted by Gasteiger charge is 2.28. The number of rotatable bonds is 14. The minimum atomic E-state index is -1.52. The van der Waals surface area contributed by atoms with Crippen LogP contribution in [-0.4, -0.2) is 83.5 Å². The van der Waals surface area contributed by atoms with E-state index in [0.29, 0.717) is 6.42 Å². The van der Waals surface area contributed by atoms with Crippen molar-refractivity contribution in [2.45, 2.75) is 44.8 Å². The first-order valence-electron chi connectivity index (χ1n) is 9.39. The molecule has 14 nitrogen and oxygen atoms in total. The van der Waals surface area contributed by atoms with Crippen molar-refractivity contribution in [1.29, 1.82) is 0 Å². The number of aliphatic hydroxyl groups excluding tert-OH is 1. The van der Waals surface area contributed by atoms with Gasteiger partial charge in [0, 0.05) is 0 Å². The Balaban J connectivity index is 4.85. The van der Waals surface area contributed by atoms with E-state index in [0.717, 1.165) is 0 Å². The lowest BCUT2D eigenvalue weighted by Crippen LogP contribution is -2.57. The van der Waals surface area contributed by atoms with Crippen molar-refractivity contribution >= 4 is 35.5 Å². The molecule has 10 N–H and O–H groups in total. The number of carbonyl (C=O) groups is 6. The first kappa shape index (κ1) is 27.7. The molecule has 0 aliphatic rings. The Kier molecular flexibility index (Phi) is 12.4. The van der Waals surface area contributed by atoms with Crippen LogP contribution >= 0.6 is 0 Å². The Bertz CT molecular complexity index is 684. The first-order valence-corrected chi connectivity index (χ1v) is 9.39. The zero-order valence-corrected chi connectivity index (χ0v) is 17.3. The van der Waals surface area contributed by atoms with E-state index >= 15 is 0 Å². The molecular weight excluding hydrogens is 416 g/mol. The van der Waals surface area contributed by atoms with Crippen LogP contribution in [0.2, 0.25) is 0 Å². The van der Waals surface area contributed by atoms with E-state index in [2.05, 4.69) is 16.0 Å². The van der Waals surface area contributed by atoms with Crippen molar-refractivity contribution in [2.24, 2.45) is 17.4 Å². The van der Waals surface area contributed by atoms with Crippen molar-refractivity contribution in [2.75, 3.05) is 19.7 Å². The molecule has 0 bridgehead atoms. The molecule has 0 aromatic heterocycles. The third-order valence-corrected chi connectivity index (χ3v) is 3.77. The number of hydrogen-bond acceptors (Lipinski definition) is 8. The topological polar surface area (TPSA) is 243 Å². The minimum absolute atomic E-state index is 0.165. The number of carboxylic acid groups (broad SMARTS) is 1. The van der Waals surface area contributed by atoms with Crippen LogP contribution in [0.25, 0.3) is 0 Å². The second-order valence-electron chi connectivity index (χ2n) is 7.10. The van der Waals surface area contributed by atoms with Gasteiger partial charge < -0.3 is 42.9 Å². The van der Waals surface area contributed by atoms with Gasteiger partial charge in [-0.3, -0.25) is 28.8 Å². The van der Waals surface area contributed by atoms with Crippen LogP contribution in [-0.2, 0) is 28.8 Å². The summed E-state index contributed by atoms with van der Waals surface area (Å²) in [4.78, 5) is 69.7. The molecule has 0 unspecified atom stereocenters.